The Bertz CT molecular complexity index is 500. The SMILES string of the molecule is CC[Si](CC)(CC)[C-]([Si](CC)(CC)CC)[Si](CC)(CC)CC.CC[Si](CC)(CC)[C-]([Si](CC)(CC)CC)[Si](CC)(CC)CC.[Y+3]. The second-order valence-electron chi connectivity index (χ2n) is 14.8. The van der Waals surface area contributed by atoms with Gasteiger partial charge in [0.25, 0.3) is 0 Å². The molecule has 0 fully saturated rings. The first-order valence-electron chi connectivity index (χ1n) is 20.6. The fraction of sp³-hybridized carbons (Fsp3) is 0.947. The van der Waals surface area contributed by atoms with Gasteiger partial charge in [-0.05, 0) is 0 Å². The average Bonchev–Trinajstić information content (AvgIpc) is 3.10. The molecule has 0 nitrogen and oxygen atoms in total. The van der Waals surface area contributed by atoms with Crippen LogP contribution in [0.1, 0.15) is 125 Å². The van der Waals surface area contributed by atoms with Gasteiger partial charge in [0.2, 0.25) is 0 Å². The van der Waals surface area contributed by atoms with Gasteiger partial charge in [-0.2, -0.15) is 0 Å². The standard InChI is InChI=1S/2C19H45Si3.Y/c2*1-10-20(11-2,12-3)19(21(13-4,14-5)15-6)22(16-7,17-8)18-9;/h2*10-18H2,1-9H3;/q2*-1;+3. The first-order valence-corrected chi connectivity index (χ1v) is 36.3. The zero-order valence-electron chi connectivity index (χ0n) is 35.3. The topological polar surface area (TPSA) is 0 Å². The van der Waals surface area contributed by atoms with Crippen molar-refractivity contribution in [2.45, 2.75) is 233 Å². The van der Waals surface area contributed by atoms with E-state index in [0.29, 0.717) is 0 Å². The van der Waals surface area contributed by atoms with Crippen molar-refractivity contribution in [2.75, 3.05) is 0 Å². The van der Waals surface area contributed by atoms with Gasteiger partial charge in [-0.25, -0.2) is 0 Å². The maximum Gasteiger partial charge on any atom is 3.00 e. The summed E-state index contributed by atoms with van der Waals surface area (Å²) in [6.45, 7) is 45.7. The fourth-order valence-corrected chi connectivity index (χ4v) is 72.5. The van der Waals surface area contributed by atoms with Crippen LogP contribution in [0.2, 0.25) is 109 Å². The van der Waals surface area contributed by atoms with Gasteiger partial charge in [-0.3, -0.25) is 0 Å². The molecule has 0 aliphatic carbocycles. The summed E-state index contributed by atoms with van der Waals surface area (Å²) < 4.78 is 0. The Balaban J connectivity index is -0.000000767. The third-order valence-corrected chi connectivity index (χ3v) is 65.2. The minimum atomic E-state index is -1.20. The summed E-state index contributed by atoms with van der Waals surface area (Å²) >= 11 is 0. The monoisotopic (exact) mass is 803 g/mol. The molecule has 0 aromatic heterocycles. The second-order valence-corrected chi connectivity index (χ2v) is 48.9. The van der Waals surface area contributed by atoms with Gasteiger partial charge in [-0.15, -0.1) is 0 Å². The van der Waals surface area contributed by atoms with Crippen LogP contribution >= 0.6 is 0 Å². The maximum absolute atomic E-state index is 2.54. The van der Waals surface area contributed by atoms with Crippen molar-refractivity contribution in [3.8, 4) is 0 Å². The van der Waals surface area contributed by atoms with Gasteiger partial charge in [0.1, 0.15) is 0 Å². The van der Waals surface area contributed by atoms with Gasteiger partial charge in [0, 0.05) is 0 Å². The Morgan fingerprint density at radius 2 is 0.267 bits per heavy atom. The van der Waals surface area contributed by atoms with Crippen molar-refractivity contribution in [3.63, 3.8) is 0 Å². The van der Waals surface area contributed by atoms with Gasteiger partial charge in [0.15, 0.2) is 0 Å². The Labute approximate surface area is 321 Å². The first kappa shape index (κ1) is 51.8. The van der Waals surface area contributed by atoms with E-state index in [1.54, 1.807) is 0 Å². The van der Waals surface area contributed by atoms with Crippen LogP contribution < -0.4 is 0 Å². The van der Waals surface area contributed by atoms with Crippen molar-refractivity contribution in [1.29, 1.82) is 0 Å². The van der Waals surface area contributed by atoms with E-state index in [0.717, 1.165) is 0 Å². The fourth-order valence-electron chi connectivity index (χ4n) is 11.1. The molecular formula is C38H90Si6Y+. The summed E-state index contributed by atoms with van der Waals surface area (Å²) in [5, 5.41) is 0. The first-order chi connectivity index (χ1) is 20.8. The molecule has 7 heteroatoms. The normalized spacial score (nSPS) is 13.6. The van der Waals surface area contributed by atoms with Crippen LogP contribution in [0.15, 0.2) is 0 Å². The molecule has 0 unspecified atom stereocenters. The minimum Gasteiger partial charge on any atom is -0.309 e. The average molecular weight is 805 g/mol. The quantitative estimate of drug-likeness (QED) is 0.0673. The van der Waals surface area contributed by atoms with Gasteiger partial charge in [0.05, 0.1) is 0 Å². The largest absolute Gasteiger partial charge is 3.00 e. The molecule has 0 rings (SSSR count). The summed E-state index contributed by atoms with van der Waals surface area (Å²) in [5.41, 5.74) is 0. The van der Waals surface area contributed by atoms with Crippen molar-refractivity contribution < 1.29 is 32.7 Å². The van der Waals surface area contributed by atoms with E-state index in [1.165, 1.54) is 109 Å². The van der Waals surface area contributed by atoms with Crippen LogP contribution in [-0.2, 0) is 32.7 Å². The molecule has 0 saturated heterocycles. The summed E-state index contributed by atoms with van der Waals surface area (Å²) in [7, 11) is -7.22. The Morgan fingerprint density at radius 3 is 0.311 bits per heavy atom. The van der Waals surface area contributed by atoms with Crippen molar-refractivity contribution >= 4 is 48.4 Å². The molecule has 0 aromatic carbocycles. The Morgan fingerprint density at radius 1 is 0.200 bits per heavy atom. The Hall–Kier alpha value is 2.41. The van der Waals surface area contributed by atoms with E-state index in [9.17, 15) is 0 Å². The predicted octanol–water partition coefficient (Wildman–Crippen LogP) is 15.4. The van der Waals surface area contributed by atoms with E-state index >= 15 is 0 Å². The zero-order valence-corrected chi connectivity index (χ0v) is 44.1. The molecule has 0 bridgehead atoms. The van der Waals surface area contributed by atoms with Crippen molar-refractivity contribution in [3.05, 3.63) is 9.58 Å². The van der Waals surface area contributed by atoms with Crippen LogP contribution in [-0.4, -0.2) is 48.4 Å². The zero-order chi connectivity index (χ0) is 34.9. The summed E-state index contributed by atoms with van der Waals surface area (Å²) in [6, 6.07) is 27.2. The summed E-state index contributed by atoms with van der Waals surface area (Å²) in [6.07, 6.45) is 0. The van der Waals surface area contributed by atoms with Gasteiger partial charge in [-0.1, -0.05) is 282 Å². The summed E-state index contributed by atoms with van der Waals surface area (Å²) in [5.74, 6) is 0. The number of hydrogen-bond acceptors (Lipinski definition) is 0. The predicted molar refractivity (Wildman–Crippen MR) is 230 cm³/mol. The molecular weight excluding hydrogens is 714 g/mol. The molecule has 0 aliphatic rings. The van der Waals surface area contributed by atoms with Crippen LogP contribution in [0.5, 0.6) is 0 Å². The molecule has 268 valence electrons. The van der Waals surface area contributed by atoms with E-state index < -0.39 is 48.4 Å². The van der Waals surface area contributed by atoms with Crippen LogP contribution in [0.25, 0.3) is 0 Å². The van der Waals surface area contributed by atoms with Gasteiger partial charge >= 0.3 is 32.7 Å². The molecule has 0 radical (unpaired) electrons. The molecule has 0 aliphatic heterocycles. The van der Waals surface area contributed by atoms with Crippen molar-refractivity contribution in [1.82, 2.24) is 0 Å². The molecule has 45 heavy (non-hydrogen) atoms. The smallest absolute Gasteiger partial charge is 0.309 e. The number of hydrogen-bond donors (Lipinski definition) is 0. The van der Waals surface area contributed by atoms with Gasteiger partial charge < -0.3 is 9.58 Å². The molecule has 0 aromatic rings. The maximum atomic E-state index is 2.54. The Kier molecular flexibility index (Phi) is 28.3. The van der Waals surface area contributed by atoms with E-state index in [-0.39, 0.29) is 32.7 Å². The van der Waals surface area contributed by atoms with E-state index in [4.69, 9.17) is 0 Å². The summed E-state index contributed by atoms with van der Waals surface area (Å²) in [4.78, 5) is 4.75. The minimum absolute atomic E-state index is 0. The molecule has 0 heterocycles. The second kappa shape index (κ2) is 24.6. The number of rotatable bonds is 24. The van der Waals surface area contributed by atoms with Crippen molar-refractivity contribution in [2.24, 2.45) is 0 Å². The van der Waals surface area contributed by atoms with Crippen LogP contribution in [0, 0.1) is 9.58 Å². The third-order valence-electron chi connectivity index (χ3n) is 15.4. The third kappa shape index (κ3) is 10.7. The molecule has 0 spiro atoms. The van der Waals surface area contributed by atoms with Crippen LogP contribution in [0.4, 0.5) is 0 Å². The molecule has 0 atom stereocenters. The van der Waals surface area contributed by atoms with E-state index in [1.807, 2.05) is 0 Å². The molecule has 0 amide bonds. The van der Waals surface area contributed by atoms with Crippen LogP contribution in [0.3, 0.4) is 0 Å². The molecule has 0 saturated carbocycles. The molecule has 0 N–H and O–H groups in total. The van der Waals surface area contributed by atoms with E-state index in [2.05, 4.69) is 134 Å².